The highest BCUT2D eigenvalue weighted by molar-refractivity contribution is 7.91. The summed E-state index contributed by atoms with van der Waals surface area (Å²) in [6.45, 7) is 0. The van der Waals surface area contributed by atoms with E-state index < -0.39 is 21.8 Å². The number of methoxy groups -OCH3 is 2. The van der Waals surface area contributed by atoms with Gasteiger partial charge in [-0.1, -0.05) is 17.7 Å². The molecular formula is C13H14ClNO6S. The van der Waals surface area contributed by atoms with Gasteiger partial charge in [-0.2, -0.15) is 0 Å². The number of hydrogen-bond acceptors (Lipinski definition) is 7. The molecule has 22 heavy (non-hydrogen) atoms. The lowest BCUT2D eigenvalue weighted by Crippen LogP contribution is -2.17. The molecule has 0 aliphatic carbocycles. The zero-order chi connectivity index (χ0) is 16.9. The Morgan fingerprint density at radius 2 is 1.86 bits per heavy atom. The molecule has 1 N–H and O–H groups in total. The predicted molar refractivity (Wildman–Crippen MR) is 80.3 cm³/mol. The van der Waals surface area contributed by atoms with Gasteiger partial charge in [-0.15, -0.1) is 0 Å². The summed E-state index contributed by atoms with van der Waals surface area (Å²) in [5, 5.41) is 2.51. The molecule has 0 aliphatic rings. The molecule has 0 saturated carbocycles. The third-order valence-electron chi connectivity index (χ3n) is 2.48. The minimum atomic E-state index is -3.67. The summed E-state index contributed by atoms with van der Waals surface area (Å²) in [6, 6.07) is 4.29. The molecule has 0 aromatic heterocycles. The van der Waals surface area contributed by atoms with Crippen molar-refractivity contribution in [3.63, 3.8) is 0 Å². The Morgan fingerprint density at radius 1 is 1.23 bits per heavy atom. The lowest BCUT2D eigenvalue weighted by Gasteiger charge is -2.13. The van der Waals surface area contributed by atoms with Crippen molar-refractivity contribution in [3.05, 3.63) is 35.0 Å². The van der Waals surface area contributed by atoms with E-state index in [1.165, 1.54) is 18.2 Å². The van der Waals surface area contributed by atoms with E-state index >= 15 is 0 Å². The van der Waals surface area contributed by atoms with Crippen LogP contribution in [0.2, 0.25) is 5.02 Å². The van der Waals surface area contributed by atoms with E-state index in [9.17, 15) is 18.0 Å². The number of benzene rings is 1. The molecule has 0 amide bonds. The van der Waals surface area contributed by atoms with E-state index in [-0.39, 0.29) is 21.3 Å². The summed E-state index contributed by atoms with van der Waals surface area (Å²) in [6.07, 6.45) is 1.82. The number of carbonyl (C=O) groups excluding carboxylic acids is 2. The van der Waals surface area contributed by atoms with E-state index in [0.717, 1.165) is 26.6 Å². The second-order valence-electron chi connectivity index (χ2n) is 4.09. The summed E-state index contributed by atoms with van der Waals surface area (Å²) in [5.74, 6) is -1.68. The Bertz CT molecular complexity index is 726. The van der Waals surface area contributed by atoms with E-state index in [2.05, 4.69) is 14.8 Å². The number of rotatable bonds is 5. The number of ether oxygens (including phenoxy) is 2. The van der Waals surface area contributed by atoms with Crippen LogP contribution < -0.4 is 5.32 Å². The van der Waals surface area contributed by atoms with Gasteiger partial charge in [-0.05, 0) is 12.1 Å². The highest BCUT2D eigenvalue weighted by Crippen LogP contribution is 2.30. The van der Waals surface area contributed by atoms with E-state index in [1.807, 2.05) is 0 Å². The van der Waals surface area contributed by atoms with Gasteiger partial charge in [0.1, 0.15) is 10.6 Å². The fourth-order valence-electron chi connectivity index (χ4n) is 1.56. The smallest absolute Gasteiger partial charge is 0.354 e. The molecule has 0 heterocycles. The molecular weight excluding hydrogens is 334 g/mol. The van der Waals surface area contributed by atoms with Crippen LogP contribution in [0.25, 0.3) is 0 Å². The Morgan fingerprint density at radius 3 is 2.36 bits per heavy atom. The Balaban J connectivity index is 3.37. The summed E-state index contributed by atoms with van der Waals surface area (Å²) in [7, 11) is -1.42. The van der Waals surface area contributed by atoms with Gasteiger partial charge in [-0.3, -0.25) is 0 Å². The molecule has 0 bridgehead atoms. The van der Waals surface area contributed by atoms with Gasteiger partial charge in [-0.25, -0.2) is 18.0 Å². The van der Waals surface area contributed by atoms with E-state index in [4.69, 9.17) is 11.6 Å². The van der Waals surface area contributed by atoms with Gasteiger partial charge >= 0.3 is 11.9 Å². The zero-order valence-corrected chi connectivity index (χ0v) is 13.6. The number of esters is 2. The molecule has 0 atom stereocenters. The summed E-state index contributed by atoms with van der Waals surface area (Å²) < 4.78 is 32.6. The molecule has 7 nitrogen and oxygen atoms in total. The van der Waals surface area contributed by atoms with Crippen molar-refractivity contribution in [2.45, 2.75) is 4.90 Å². The lowest BCUT2D eigenvalue weighted by atomic mass is 10.3. The third kappa shape index (κ3) is 4.47. The van der Waals surface area contributed by atoms with Gasteiger partial charge in [0.15, 0.2) is 9.84 Å². The fourth-order valence-corrected chi connectivity index (χ4v) is 3.10. The van der Waals surface area contributed by atoms with Crippen molar-refractivity contribution in [1.29, 1.82) is 0 Å². The Labute approximate surface area is 132 Å². The first-order valence-electron chi connectivity index (χ1n) is 5.84. The second kappa shape index (κ2) is 7.28. The molecule has 0 radical (unpaired) electrons. The van der Waals surface area contributed by atoms with Crippen molar-refractivity contribution in [2.24, 2.45) is 0 Å². The number of nitrogens with one attached hydrogen (secondary N) is 1. The molecule has 0 saturated heterocycles. The van der Waals surface area contributed by atoms with Gasteiger partial charge in [0, 0.05) is 6.26 Å². The number of carbonyl (C=O) groups is 2. The van der Waals surface area contributed by atoms with Gasteiger partial charge in [0.25, 0.3) is 0 Å². The summed E-state index contributed by atoms with van der Waals surface area (Å²) in [5.41, 5.74) is -0.253. The first kappa shape index (κ1) is 18.0. The van der Waals surface area contributed by atoms with Crippen LogP contribution in [0.15, 0.2) is 34.9 Å². The van der Waals surface area contributed by atoms with Crippen molar-refractivity contribution in [2.75, 3.05) is 25.8 Å². The lowest BCUT2D eigenvalue weighted by molar-refractivity contribution is -0.138. The number of hydrogen-bond donors (Lipinski definition) is 1. The molecule has 9 heteroatoms. The third-order valence-corrected chi connectivity index (χ3v) is 4.08. The minimum Gasteiger partial charge on any atom is -0.466 e. The summed E-state index contributed by atoms with van der Waals surface area (Å²) in [4.78, 5) is 22.8. The van der Waals surface area contributed by atoms with Crippen LogP contribution in [-0.4, -0.2) is 40.8 Å². The average Bonchev–Trinajstić information content (AvgIpc) is 2.44. The topological polar surface area (TPSA) is 98.8 Å². The predicted octanol–water partition coefficient (Wildman–Crippen LogP) is 1.39. The number of halogens is 1. The van der Waals surface area contributed by atoms with Crippen LogP contribution in [0.5, 0.6) is 0 Å². The zero-order valence-electron chi connectivity index (χ0n) is 12.0. The standard InChI is InChI=1S/C13H14ClNO6S/c1-20-11(16)7-10(13(17)21-2)15-9-6-4-5-8(14)12(9)22(3,18)19/h4-7,15H,1-3H3/b10-7+. The normalized spacial score (nSPS) is 11.7. The van der Waals surface area contributed by atoms with Crippen LogP contribution in [0, 0.1) is 0 Å². The van der Waals surface area contributed by atoms with Gasteiger partial charge in [0.05, 0.1) is 31.0 Å². The fraction of sp³-hybridized carbons (Fsp3) is 0.231. The molecule has 1 rings (SSSR count). The van der Waals surface area contributed by atoms with Gasteiger partial charge < -0.3 is 14.8 Å². The number of anilines is 1. The van der Waals surface area contributed by atoms with Gasteiger partial charge in [0.2, 0.25) is 0 Å². The molecule has 0 unspecified atom stereocenters. The Hall–Kier alpha value is -2.06. The summed E-state index contributed by atoms with van der Waals surface area (Å²) >= 11 is 5.90. The second-order valence-corrected chi connectivity index (χ2v) is 6.45. The van der Waals surface area contributed by atoms with Crippen LogP contribution in [0.1, 0.15) is 0 Å². The SMILES string of the molecule is COC(=O)/C=C(/Nc1cccc(Cl)c1S(C)(=O)=O)C(=O)OC. The maximum atomic E-state index is 11.8. The first-order chi connectivity index (χ1) is 10.2. The largest absolute Gasteiger partial charge is 0.466 e. The van der Waals surface area contributed by atoms with Crippen LogP contribution in [0.4, 0.5) is 5.69 Å². The number of sulfone groups is 1. The quantitative estimate of drug-likeness (QED) is 0.634. The maximum Gasteiger partial charge on any atom is 0.354 e. The van der Waals surface area contributed by atoms with Crippen molar-refractivity contribution in [1.82, 2.24) is 0 Å². The highest BCUT2D eigenvalue weighted by atomic mass is 35.5. The molecule has 1 aromatic rings. The highest BCUT2D eigenvalue weighted by Gasteiger charge is 2.20. The van der Waals surface area contributed by atoms with Crippen LogP contribution >= 0.6 is 11.6 Å². The minimum absolute atomic E-state index is 0.0187. The average molecular weight is 348 g/mol. The molecule has 1 aromatic carbocycles. The molecule has 0 spiro atoms. The van der Waals surface area contributed by atoms with Crippen LogP contribution in [-0.2, 0) is 28.9 Å². The first-order valence-corrected chi connectivity index (χ1v) is 8.11. The van der Waals surface area contributed by atoms with Crippen molar-refractivity contribution < 1.29 is 27.5 Å². The Kier molecular flexibility index (Phi) is 5.95. The van der Waals surface area contributed by atoms with Crippen molar-refractivity contribution in [3.8, 4) is 0 Å². The van der Waals surface area contributed by atoms with Crippen molar-refractivity contribution >= 4 is 39.1 Å². The molecule has 0 aliphatic heterocycles. The molecule has 120 valence electrons. The van der Waals surface area contributed by atoms with E-state index in [0.29, 0.717) is 0 Å². The van der Waals surface area contributed by atoms with E-state index in [1.54, 1.807) is 0 Å². The molecule has 0 fully saturated rings. The maximum absolute atomic E-state index is 11.8. The monoisotopic (exact) mass is 347 g/mol. The van der Waals surface area contributed by atoms with Crippen LogP contribution in [0.3, 0.4) is 0 Å².